The summed E-state index contributed by atoms with van der Waals surface area (Å²) in [4.78, 5) is 27.1. The number of halogens is 4. The first-order chi connectivity index (χ1) is 15.4. The zero-order valence-corrected chi connectivity index (χ0v) is 18.8. The molecule has 2 aromatic carbocycles. The van der Waals surface area contributed by atoms with Gasteiger partial charge in [0, 0.05) is 17.8 Å². The summed E-state index contributed by atoms with van der Waals surface area (Å²) >= 11 is 5.96. The minimum absolute atomic E-state index is 0.0811. The van der Waals surface area contributed by atoms with Crippen LogP contribution in [-0.4, -0.2) is 49.3 Å². The lowest BCUT2D eigenvalue weighted by Crippen LogP contribution is -2.44. The fourth-order valence-electron chi connectivity index (χ4n) is 3.34. The Hall–Kier alpha value is -3.27. The Bertz CT molecular complexity index is 1060. The topological polar surface area (TPSA) is 71.4 Å². The van der Waals surface area contributed by atoms with Crippen molar-refractivity contribution < 1.29 is 32.2 Å². The van der Waals surface area contributed by atoms with Gasteiger partial charge < -0.3 is 9.47 Å². The van der Waals surface area contributed by atoms with Crippen LogP contribution < -0.4 is 9.64 Å². The van der Waals surface area contributed by atoms with Gasteiger partial charge in [0.25, 0.3) is 0 Å². The molecule has 0 saturated carbocycles. The van der Waals surface area contributed by atoms with Crippen LogP contribution in [0.2, 0.25) is 5.02 Å². The molecular formula is C22H21ClF3N3O4. The Kier molecular flexibility index (Phi) is 6.87. The number of anilines is 1. The highest BCUT2D eigenvalue weighted by molar-refractivity contribution is 6.30. The second-order valence-electron chi connectivity index (χ2n) is 7.45. The number of carbonyl (C=O) groups is 2. The highest BCUT2D eigenvalue weighted by Gasteiger charge is 2.49. The number of alkyl halides is 3. The number of hydrazone groups is 1. The largest absolute Gasteiger partial charge is 0.573 e. The molecule has 2 aromatic rings. The molecular weight excluding hydrogens is 463 g/mol. The molecule has 11 heteroatoms. The summed E-state index contributed by atoms with van der Waals surface area (Å²) in [7, 11) is 1.44. The molecule has 1 heterocycles. The summed E-state index contributed by atoms with van der Waals surface area (Å²) in [5, 5.41) is 6.03. The van der Waals surface area contributed by atoms with Crippen molar-refractivity contribution in [2.75, 3.05) is 25.1 Å². The minimum Gasteiger partial charge on any atom is -0.465 e. The van der Waals surface area contributed by atoms with Crippen molar-refractivity contribution >= 4 is 35.0 Å². The standard InChI is InChI=1S/C22H21ClF3N3O4/c1-4-32-19(30)21(2)13-29(27-18(21)14-5-7-15(23)8-6-14)20(31)28(3)16-9-11-17(12-10-16)33-22(24,25)26/h5-12H,4,13H2,1-3H3. The zero-order valence-electron chi connectivity index (χ0n) is 18.0. The average molecular weight is 484 g/mol. The first-order valence-electron chi connectivity index (χ1n) is 9.88. The van der Waals surface area contributed by atoms with Crippen molar-refractivity contribution in [3.63, 3.8) is 0 Å². The molecule has 0 spiro atoms. The molecule has 0 aromatic heterocycles. The zero-order chi connectivity index (χ0) is 24.4. The van der Waals surface area contributed by atoms with Crippen LogP contribution in [0.5, 0.6) is 5.75 Å². The van der Waals surface area contributed by atoms with Gasteiger partial charge in [0.15, 0.2) is 0 Å². The molecule has 0 saturated heterocycles. The van der Waals surface area contributed by atoms with E-state index in [0.29, 0.717) is 22.0 Å². The number of carbonyl (C=O) groups excluding carboxylic acids is 2. The second kappa shape index (κ2) is 9.30. The van der Waals surface area contributed by atoms with Crippen LogP contribution in [0.4, 0.5) is 23.7 Å². The van der Waals surface area contributed by atoms with E-state index in [2.05, 4.69) is 9.84 Å². The van der Waals surface area contributed by atoms with Crippen LogP contribution in [0.25, 0.3) is 0 Å². The summed E-state index contributed by atoms with van der Waals surface area (Å²) in [6.45, 7) is 3.39. The first kappa shape index (κ1) is 24.4. The lowest BCUT2D eigenvalue weighted by molar-refractivity contribution is -0.274. The van der Waals surface area contributed by atoms with E-state index in [1.54, 1.807) is 38.1 Å². The Labute approximate surface area is 193 Å². The van der Waals surface area contributed by atoms with Crippen molar-refractivity contribution in [2.45, 2.75) is 20.2 Å². The van der Waals surface area contributed by atoms with Crippen molar-refractivity contribution in [1.82, 2.24) is 5.01 Å². The van der Waals surface area contributed by atoms with Gasteiger partial charge in [0.1, 0.15) is 11.2 Å². The Morgan fingerprint density at radius 3 is 2.30 bits per heavy atom. The van der Waals surface area contributed by atoms with Gasteiger partial charge in [-0.15, -0.1) is 13.2 Å². The van der Waals surface area contributed by atoms with Crippen LogP contribution in [0.3, 0.4) is 0 Å². The number of benzene rings is 2. The van der Waals surface area contributed by atoms with Gasteiger partial charge in [0.05, 0.1) is 18.9 Å². The minimum atomic E-state index is -4.82. The van der Waals surface area contributed by atoms with Crippen LogP contribution in [0, 0.1) is 5.41 Å². The Morgan fingerprint density at radius 2 is 1.76 bits per heavy atom. The van der Waals surface area contributed by atoms with Crippen molar-refractivity contribution in [3.05, 3.63) is 59.1 Å². The molecule has 0 aliphatic carbocycles. The first-order valence-corrected chi connectivity index (χ1v) is 10.3. The SMILES string of the molecule is CCOC(=O)C1(C)CN(C(=O)N(C)c2ccc(OC(F)(F)F)cc2)N=C1c1ccc(Cl)cc1. The van der Waals surface area contributed by atoms with Crippen LogP contribution in [0.15, 0.2) is 53.6 Å². The van der Waals surface area contributed by atoms with E-state index in [0.717, 1.165) is 17.1 Å². The smallest absolute Gasteiger partial charge is 0.465 e. The lowest BCUT2D eigenvalue weighted by Gasteiger charge is -2.26. The van der Waals surface area contributed by atoms with Gasteiger partial charge >= 0.3 is 18.4 Å². The molecule has 0 radical (unpaired) electrons. The number of ether oxygens (including phenoxy) is 2. The summed E-state index contributed by atoms with van der Waals surface area (Å²) in [6.07, 6.45) is -4.82. The number of amides is 2. The molecule has 3 rings (SSSR count). The van der Waals surface area contributed by atoms with E-state index in [1.165, 1.54) is 24.1 Å². The lowest BCUT2D eigenvalue weighted by atomic mass is 9.82. The average Bonchev–Trinajstić information content (AvgIpc) is 3.12. The number of nitrogens with zero attached hydrogens (tertiary/aromatic N) is 3. The second-order valence-corrected chi connectivity index (χ2v) is 7.89. The number of hydrogen-bond acceptors (Lipinski definition) is 5. The molecule has 1 atom stereocenters. The van der Waals surface area contributed by atoms with E-state index in [9.17, 15) is 22.8 Å². The number of hydrogen-bond donors (Lipinski definition) is 0. The van der Waals surface area contributed by atoms with Gasteiger partial charge in [-0.05, 0) is 55.8 Å². The molecule has 1 aliphatic rings. The van der Waals surface area contributed by atoms with Crippen molar-refractivity contribution in [2.24, 2.45) is 10.5 Å². The molecule has 1 aliphatic heterocycles. The summed E-state index contributed by atoms with van der Waals surface area (Å²) in [5.41, 5.74) is 0.0161. The maximum atomic E-state index is 13.1. The van der Waals surface area contributed by atoms with Crippen LogP contribution in [0.1, 0.15) is 19.4 Å². The molecule has 0 N–H and O–H groups in total. The van der Waals surface area contributed by atoms with Crippen LogP contribution in [-0.2, 0) is 9.53 Å². The highest BCUT2D eigenvalue weighted by atomic mass is 35.5. The fourth-order valence-corrected chi connectivity index (χ4v) is 3.47. The molecule has 33 heavy (non-hydrogen) atoms. The van der Waals surface area contributed by atoms with Gasteiger partial charge in [-0.1, -0.05) is 23.7 Å². The third-order valence-corrected chi connectivity index (χ3v) is 5.27. The molecule has 0 fully saturated rings. The normalized spacial score (nSPS) is 18.0. The number of esters is 1. The molecule has 7 nitrogen and oxygen atoms in total. The van der Waals surface area contributed by atoms with Gasteiger partial charge in [-0.3, -0.25) is 9.69 Å². The monoisotopic (exact) mass is 483 g/mol. The van der Waals surface area contributed by atoms with Crippen molar-refractivity contribution in [1.29, 1.82) is 0 Å². The summed E-state index contributed by atoms with van der Waals surface area (Å²) in [6, 6.07) is 10.9. The number of urea groups is 1. The Morgan fingerprint density at radius 1 is 1.15 bits per heavy atom. The van der Waals surface area contributed by atoms with Gasteiger partial charge in [-0.25, -0.2) is 9.80 Å². The third-order valence-electron chi connectivity index (χ3n) is 5.02. The Balaban J connectivity index is 1.87. The van der Waals surface area contributed by atoms with Crippen molar-refractivity contribution in [3.8, 4) is 5.75 Å². The fraction of sp³-hybridized carbons (Fsp3) is 0.318. The number of rotatable bonds is 5. The van der Waals surface area contributed by atoms with E-state index in [4.69, 9.17) is 16.3 Å². The molecule has 176 valence electrons. The van der Waals surface area contributed by atoms with E-state index < -0.39 is 29.5 Å². The van der Waals surface area contributed by atoms with E-state index >= 15 is 0 Å². The molecule has 1 unspecified atom stereocenters. The highest BCUT2D eigenvalue weighted by Crippen LogP contribution is 2.34. The predicted octanol–water partition coefficient (Wildman–Crippen LogP) is 5.08. The van der Waals surface area contributed by atoms with Gasteiger partial charge in [0.2, 0.25) is 0 Å². The predicted molar refractivity (Wildman–Crippen MR) is 116 cm³/mol. The van der Waals surface area contributed by atoms with Crippen LogP contribution >= 0.6 is 11.6 Å². The van der Waals surface area contributed by atoms with E-state index in [1.807, 2.05) is 0 Å². The van der Waals surface area contributed by atoms with Gasteiger partial charge in [-0.2, -0.15) is 5.10 Å². The molecule has 2 amide bonds. The maximum Gasteiger partial charge on any atom is 0.573 e. The quantitative estimate of drug-likeness (QED) is 0.556. The summed E-state index contributed by atoms with van der Waals surface area (Å²) in [5.74, 6) is -0.948. The maximum absolute atomic E-state index is 13.1. The summed E-state index contributed by atoms with van der Waals surface area (Å²) < 4.78 is 46.2. The molecule has 0 bridgehead atoms. The van der Waals surface area contributed by atoms with E-state index in [-0.39, 0.29) is 13.2 Å². The third kappa shape index (κ3) is 5.39.